The number of benzene rings is 1. The predicted octanol–water partition coefficient (Wildman–Crippen LogP) is 4.22. The molecule has 1 aromatic carbocycles. The molecule has 0 unspecified atom stereocenters. The second kappa shape index (κ2) is 6.10. The van der Waals surface area contributed by atoms with Crippen molar-refractivity contribution in [2.24, 2.45) is 0 Å². The fourth-order valence-corrected chi connectivity index (χ4v) is 3.13. The highest BCUT2D eigenvalue weighted by atomic mass is 32.1. The first-order valence-corrected chi connectivity index (χ1v) is 7.78. The molecule has 0 saturated carbocycles. The van der Waals surface area contributed by atoms with Crippen LogP contribution in [0.15, 0.2) is 47.1 Å². The van der Waals surface area contributed by atoms with Gasteiger partial charge in [-0.1, -0.05) is 30.4 Å². The van der Waals surface area contributed by atoms with Gasteiger partial charge in [-0.3, -0.25) is 9.69 Å². The van der Waals surface area contributed by atoms with Gasteiger partial charge in [-0.05, 0) is 30.7 Å². The number of aromatic nitrogens is 1. The summed E-state index contributed by atoms with van der Waals surface area (Å²) in [5, 5.41) is 0.728. The molecule has 2 aromatic heterocycles. The fraction of sp³-hybridized carbons (Fsp3) is 0.250. The van der Waals surface area contributed by atoms with Crippen molar-refractivity contribution in [1.82, 2.24) is 4.98 Å². The van der Waals surface area contributed by atoms with E-state index in [9.17, 15) is 4.79 Å². The monoisotopic (exact) mass is 300 g/mol. The average Bonchev–Trinajstić information content (AvgIpc) is 3.13. The summed E-state index contributed by atoms with van der Waals surface area (Å²) in [4.78, 5) is 18.7. The molecule has 0 spiro atoms. The Kier molecular flexibility index (Phi) is 4.01. The van der Waals surface area contributed by atoms with E-state index >= 15 is 0 Å². The van der Waals surface area contributed by atoms with E-state index in [1.165, 1.54) is 11.3 Å². The van der Waals surface area contributed by atoms with Gasteiger partial charge >= 0.3 is 0 Å². The third-order valence-corrected chi connectivity index (χ3v) is 4.23. The second-order valence-corrected chi connectivity index (χ2v) is 5.78. The Bertz CT molecular complexity index is 701. The van der Waals surface area contributed by atoms with Gasteiger partial charge in [-0.15, -0.1) is 0 Å². The average molecular weight is 300 g/mol. The zero-order valence-electron chi connectivity index (χ0n) is 11.8. The molecule has 2 heterocycles. The van der Waals surface area contributed by atoms with Crippen LogP contribution >= 0.6 is 11.3 Å². The van der Waals surface area contributed by atoms with Gasteiger partial charge < -0.3 is 4.42 Å². The van der Waals surface area contributed by atoms with E-state index in [0.717, 1.165) is 27.5 Å². The summed E-state index contributed by atoms with van der Waals surface area (Å²) in [6.07, 6.45) is 2.95. The minimum Gasteiger partial charge on any atom is -0.467 e. The number of carbonyl (C=O) groups excluding carboxylic acids is 1. The Morgan fingerprint density at radius 3 is 2.86 bits per heavy atom. The van der Waals surface area contributed by atoms with Crippen LogP contribution in [-0.4, -0.2) is 10.9 Å². The Balaban J connectivity index is 1.95. The number of furan rings is 1. The quantitative estimate of drug-likeness (QED) is 0.708. The SMILES string of the molecule is CCCC(=O)N(Cc1ccco1)c1nc2ccccc2s1. The lowest BCUT2D eigenvalue weighted by atomic mass is 10.3. The normalized spacial score (nSPS) is 10.9. The number of nitrogens with zero attached hydrogens (tertiary/aromatic N) is 2. The molecule has 0 radical (unpaired) electrons. The van der Waals surface area contributed by atoms with Crippen molar-refractivity contribution in [3.05, 3.63) is 48.4 Å². The molecule has 21 heavy (non-hydrogen) atoms. The van der Waals surface area contributed by atoms with Gasteiger partial charge in [0.05, 0.1) is 23.0 Å². The first kappa shape index (κ1) is 13.8. The van der Waals surface area contributed by atoms with E-state index in [1.54, 1.807) is 11.2 Å². The van der Waals surface area contributed by atoms with Crippen LogP contribution < -0.4 is 4.90 Å². The molecular weight excluding hydrogens is 284 g/mol. The van der Waals surface area contributed by atoms with Crippen LogP contribution in [0, 0.1) is 0 Å². The van der Waals surface area contributed by atoms with E-state index in [1.807, 2.05) is 43.3 Å². The number of hydrogen-bond acceptors (Lipinski definition) is 4. The maximum Gasteiger partial charge on any atom is 0.229 e. The second-order valence-electron chi connectivity index (χ2n) is 4.77. The number of para-hydroxylation sites is 1. The number of carbonyl (C=O) groups is 1. The van der Waals surface area contributed by atoms with Crippen LogP contribution in [0.4, 0.5) is 5.13 Å². The molecule has 0 aliphatic heterocycles. The Hall–Kier alpha value is -2.14. The standard InChI is InChI=1S/C16H16N2O2S/c1-2-6-15(19)18(11-12-7-5-10-20-12)16-17-13-8-3-4-9-14(13)21-16/h3-5,7-10H,2,6,11H2,1H3. The summed E-state index contributed by atoms with van der Waals surface area (Å²) in [5.41, 5.74) is 0.922. The summed E-state index contributed by atoms with van der Waals surface area (Å²) in [5.74, 6) is 0.840. The van der Waals surface area contributed by atoms with Gasteiger partial charge in [0.1, 0.15) is 5.76 Å². The lowest BCUT2D eigenvalue weighted by molar-refractivity contribution is -0.118. The van der Waals surface area contributed by atoms with Crippen molar-refractivity contribution in [3.63, 3.8) is 0 Å². The van der Waals surface area contributed by atoms with Gasteiger partial charge in [-0.2, -0.15) is 0 Å². The topological polar surface area (TPSA) is 46.3 Å². The Labute approximate surface area is 127 Å². The summed E-state index contributed by atoms with van der Waals surface area (Å²) >= 11 is 1.53. The zero-order valence-corrected chi connectivity index (χ0v) is 12.6. The molecule has 4 nitrogen and oxygen atoms in total. The van der Waals surface area contributed by atoms with Crippen LogP contribution in [0.5, 0.6) is 0 Å². The lowest BCUT2D eigenvalue weighted by Crippen LogP contribution is -2.29. The molecular formula is C16H16N2O2S. The van der Waals surface area contributed by atoms with Crippen molar-refractivity contribution in [3.8, 4) is 0 Å². The molecule has 0 aliphatic carbocycles. The summed E-state index contributed by atoms with van der Waals surface area (Å²) < 4.78 is 6.46. The molecule has 0 aliphatic rings. The van der Waals surface area contributed by atoms with E-state index in [4.69, 9.17) is 4.42 Å². The van der Waals surface area contributed by atoms with Crippen molar-refractivity contribution in [2.75, 3.05) is 4.90 Å². The molecule has 108 valence electrons. The van der Waals surface area contributed by atoms with Crippen molar-refractivity contribution < 1.29 is 9.21 Å². The number of thiazole rings is 1. The highest BCUT2D eigenvalue weighted by Crippen LogP contribution is 2.30. The van der Waals surface area contributed by atoms with Crippen LogP contribution in [0.3, 0.4) is 0 Å². The highest BCUT2D eigenvalue weighted by Gasteiger charge is 2.20. The van der Waals surface area contributed by atoms with Gasteiger partial charge in [0.25, 0.3) is 0 Å². The molecule has 1 amide bonds. The number of hydrogen-bond donors (Lipinski definition) is 0. The Morgan fingerprint density at radius 2 is 2.14 bits per heavy atom. The highest BCUT2D eigenvalue weighted by molar-refractivity contribution is 7.22. The first-order valence-electron chi connectivity index (χ1n) is 6.96. The maximum absolute atomic E-state index is 12.4. The minimum atomic E-state index is 0.0768. The molecule has 0 saturated heterocycles. The third-order valence-electron chi connectivity index (χ3n) is 3.17. The minimum absolute atomic E-state index is 0.0768. The zero-order chi connectivity index (χ0) is 14.7. The van der Waals surface area contributed by atoms with E-state index in [-0.39, 0.29) is 5.91 Å². The van der Waals surface area contributed by atoms with Crippen molar-refractivity contribution in [2.45, 2.75) is 26.3 Å². The van der Waals surface area contributed by atoms with E-state index in [0.29, 0.717) is 13.0 Å². The lowest BCUT2D eigenvalue weighted by Gasteiger charge is -2.18. The van der Waals surface area contributed by atoms with Crippen molar-refractivity contribution in [1.29, 1.82) is 0 Å². The van der Waals surface area contributed by atoms with Crippen LogP contribution in [0.1, 0.15) is 25.5 Å². The van der Waals surface area contributed by atoms with Gasteiger partial charge in [0.15, 0.2) is 5.13 Å². The molecule has 0 N–H and O–H groups in total. The molecule has 5 heteroatoms. The fourth-order valence-electron chi connectivity index (χ4n) is 2.15. The first-order chi connectivity index (χ1) is 10.3. The van der Waals surface area contributed by atoms with Crippen molar-refractivity contribution >= 4 is 32.6 Å². The van der Waals surface area contributed by atoms with E-state index < -0.39 is 0 Å². The van der Waals surface area contributed by atoms with Gasteiger partial charge in [-0.25, -0.2) is 4.98 Å². The number of rotatable bonds is 5. The van der Waals surface area contributed by atoms with Crippen LogP contribution in [-0.2, 0) is 11.3 Å². The summed E-state index contributed by atoms with van der Waals surface area (Å²) in [7, 11) is 0. The van der Waals surface area contributed by atoms with Crippen LogP contribution in [0.25, 0.3) is 10.2 Å². The molecule has 3 aromatic rings. The largest absolute Gasteiger partial charge is 0.467 e. The van der Waals surface area contributed by atoms with E-state index in [2.05, 4.69) is 4.98 Å². The number of anilines is 1. The summed E-state index contributed by atoms with van der Waals surface area (Å²) in [6.45, 7) is 2.42. The molecule has 0 fully saturated rings. The Morgan fingerprint density at radius 1 is 1.29 bits per heavy atom. The van der Waals surface area contributed by atoms with Crippen LogP contribution in [0.2, 0.25) is 0 Å². The maximum atomic E-state index is 12.4. The molecule has 0 atom stereocenters. The molecule has 0 bridgehead atoms. The smallest absolute Gasteiger partial charge is 0.229 e. The predicted molar refractivity (Wildman–Crippen MR) is 84.4 cm³/mol. The molecule has 3 rings (SSSR count). The van der Waals surface area contributed by atoms with Gasteiger partial charge in [0.2, 0.25) is 5.91 Å². The number of fused-ring (bicyclic) bond motifs is 1. The third kappa shape index (κ3) is 2.97. The van der Waals surface area contributed by atoms with Gasteiger partial charge in [0, 0.05) is 6.42 Å². The summed E-state index contributed by atoms with van der Waals surface area (Å²) in [6, 6.07) is 11.6. The number of amides is 1.